The number of rotatable bonds is 2. The minimum atomic E-state index is -0.752. The molecule has 1 heterocycles. The summed E-state index contributed by atoms with van der Waals surface area (Å²) in [5, 5.41) is 10.5. The van der Waals surface area contributed by atoms with E-state index in [0.29, 0.717) is 10.6 Å². The molecule has 2 N–H and O–H groups in total. The zero-order valence-electron chi connectivity index (χ0n) is 9.68. The number of terminal acetylenes is 1. The molecule has 0 aliphatic carbocycles. The summed E-state index contributed by atoms with van der Waals surface area (Å²) in [5.41, 5.74) is -1.02. The zero-order chi connectivity index (χ0) is 14.0. The lowest BCUT2D eigenvalue weighted by Crippen LogP contribution is -2.30. The largest absolute Gasteiger partial charge is 0.494 e. The van der Waals surface area contributed by atoms with Crippen LogP contribution < -0.4 is 11.2 Å². The van der Waals surface area contributed by atoms with Crippen molar-refractivity contribution in [2.75, 3.05) is 0 Å². The Kier molecular flexibility index (Phi) is 3.45. The number of aromatic nitrogens is 2. The van der Waals surface area contributed by atoms with Crippen LogP contribution in [0, 0.1) is 12.3 Å². The number of aromatic amines is 1. The maximum Gasteiger partial charge on any atom is 0.332 e. The van der Waals surface area contributed by atoms with Crippen LogP contribution in [0.25, 0.3) is 11.1 Å². The lowest BCUT2D eigenvalue weighted by molar-refractivity contribution is 0.415. The lowest BCUT2D eigenvalue weighted by atomic mass is 10.1. The van der Waals surface area contributed by atoms with E-state index in [-0.39, 0.29) is 12.1 Å². The first-order valence-corrected chi connectivity index (χ1v) is 5.68. The molecule has 1 aromatic carbocycles. The summed E-state index contributed by atoms with van der Waals surface area (Å²) in [7, 11) is 0. The zero-order valence-corrected chi connectivity index (χ0v) is 10.4. The van der Waals surface area contributed by atoms with Gasteiger partial charge >= 0.3 is 5.69 Å². The number of benzene rings is 1. The summed E-state index contributed by atoms with van der Waals surface area (Å²) in [6, 6.07) is 6.29. The number of hydrogen-bond acceptors (Lipinski definition) is 3. The quantitative estimate of drug-likeness (QED) is 0.809. The molecule has 0 saturated carbocycles. The minimum absolute atomic E-state index is 0.0217. The molecule has 6 heteroatoms. The Morgan fingerprint density at radius 3 is 2.53 bits per heavy atom. The highest BCUT2D eigenvalue weighted by Gasteiger charge is 2.15. The number of halogens is 1. The molecule has 0 fully saturated rings. The molecule has 0 amide bonds. The standard InChI is InChI=1S/C13H9ClN2O3/c1-2-7-16-12(18)10(11(17)15-13(16)19)8-3-5-9(14)6-4-8/h1,3-6,18H,7H2,(H,15,17,19). The summed E-state index contributed by atoms with van der Waals surface area (Å²) in [6.45, 7) is -0.137. The molecule has 2 rings (SSSR count). The Morgan fingerprint density at radius 2 is 1.95 bits per heavy atom. The molecule has 2 aromatic rings. The van der Waals surface area contributed by atoms with Gasteiger partial charge in [0.05, 0.1) is 6.54 Å². The van der Waals surface area contributed by atoms with Crippen LogP contribution in [0.1, 0.15) is 0 Å². The van der Waals surface area contributed by atoms with Crippen molar-refractivity contribution in [3.63, 3.8) is 0 Å². The highest BCUT2D eigenvalue weighted by molar-refractivity contribution is 6.30. The normalized spacial score (nSPS) is 10.1. The molecule has 0 radical (unpaired) electrons. The second-order valence-corrected chi connectivity index (χ2v) is 4.19. The SMILES string of the molecule is C#CCn1c(O)c(-c2ccc(Cl)cc2)c(=O)[nH]c1=O. The van der Waals surface area contributed by atoms with Crippen molar-refractivity contribution >= 4 is 11.6 Å². The Hall–Kier alpha value is -2.45. The molecule has 0 saturated heterocycles. The second-order valence-electron chi connectivity index (χ2n) is 3.76. The highest BCUT2D eigenvalue weighted by atomic mass is 35.5. The van der Waals surface area contributed by atoms with E-state index in [1.54, 1.807) is 24.3 Å². The summed E-state index contributed by atoms with van der Waals surface area (Å²) in [5.74, 6) is 1.77. The molecule has 0 aliphatic heterocycles. The summed E-state index contributed by atoms with van der Waals surface area (Å²) >= 11 is 5.75. The Bertz CT molecular complexity index is 766. The Labute approximate surface area is 113 Å². The summed E-state index contributed by atoms with van der Waals surface area (Å²) in [6.07, 6.45) is 5.11. The number of nitrogens with zero attached hydrogens (tertiary/aromatic N) is 1. The molecule has 0 atom stereocenters. The Morgan fingerprint density at radius 1 is 1.32 bits per heavy atom. The van der Waals surface area contributed by atoms with Crippen LogP contribution in [0.5, 0.6) is 5.88 Å². The fraction of sp³-hybridized carbons (Fsp3) is 0.0769. The van der Waals surface area contributed by atoms with E-state index in [1.807, 2.05) is 0 Å². The molecular formula is C13H9ClN2O3. The fourth-order valence-electron chi connectivity index (χ4n) is 1.67. The lowest BCUT2D eigenvalue weighted by Gasteiger charge is -2.09. The van der Waals surface area contributed by atoms with Crippen LogP contribution in [0.15, 0.2) is 33.9 Å². The van der Waals surface area contributed by atoms with Gasteiger partial charge in [0.2, 0.25) is 5.88 Å². The van der Waals surface area contributed by atoms with E-state index >= 15 is 0 Å². The van der Waals surface area contributed by atoms with E-state index in [9.17, 15) is 14.7 Å². The predicted octanol–water partition coefficient (Wildman–Crippen LogP) is 1.20. The Balaban J connectivity index is 2.74. The topological polar surface area (TPSA) is 75.1 Å². The average molecular weight is 277 g/mol. The highest BCUT2D eigenvalue weighted by Crippen LogP contribution is 2.25. The van der Waals surface area contributed by atoms with Gasteiger partial charge in [-0.15, -0.1) is 6.42 Å². The van der Waals surface area contributed by atoms with E-state index < -0.39 is 17.1 Å². The van der Waals surface area contributed by atoms with Crippen LogP contribution in [0.3, 0.4) is 0 Å². The molecule has 5 nitrogen and oxygen atoms in total. The maximum atomic E-state index is 11.8. The summed E-state index contributed by atoms with van der Waals surface area (Å²) in [4.78, 5) is 25.4. The molecule has 0 bridgehead atoms. The predicted molar refractivity (Wildman–Crippen MR) is 72.3 cm³/mol. The summed E-state index contributed by atoms with van der Waals surface area (Å²) < 4.78 is 0.908. The molecule has 0 spiro atoms. The first-order valence-electron chi connectivity index (χ1n) is 5.30. The van der Waals surface area contributed by atoms with Crippen LogP contribution in [0.2, 0.25) is 5.02 Å². The van der Waals surface area contributed by atoms with Crippen LogP contribution >= 0.6 is 11.6 Å². The second kappa shape index (κ2) is 5.04. The van der Waals surface area contributed by atoms with Gasteiger partial charge in [0.15, 0.2) is 0 Å². The monoisotopic (exact) mass is 276 g/mol. The number of hydrogen-bond donors (Lipinski definition) is 2. The molecule has 96 valence electrons. The number of H-pyrrole nitrogens is 1. The van der Waals surface area contributed by atoms with Gasteiger partial charge in [-0.1, -0.05) is 29.7 Å². The van der Waals surface area contributed by atoms with E-state index in [2.05, 4.69) is 10.9 Å². The van der Waals surface area contributed by atoms with Gasteiger partial charge in [0, 0.05) is 5.02 Å². The van der Waals surface area contributed by atoms with Gasteiger partial charge < -0.3 is 5.11 Å². The van der Waals surface area contributed by atoms with Gasteiger partial charge in [-0.3, -0.25) is 14.3 Å². The third-order valence-corrected chi connectivity index (χ3v) is 2.81. The van der Waals surface area contributed by atoms with Gasteiger partial charge in [-0.2, -0.15) is 0 Å². The average Bonchev–Trinajstić information content (AvgIpc) is 2.36. The van der Waals surface area contributed by atoms with E-state index in [1.165, 1.54) is 0 Å². The minimum Gasteiger partial charge on any atom is -0.494 e. The van der Waals surface area contributed by atoms with Crippen LogP contribution in [-0.4, -0.2) is 14.7 Å². The molecular weight excluding hydrogens is 268 g/mol. The molecule has 0 aliphatic rings. The van der Waals surface area contributed by atoms with Gasteiger partial charge in [0.25, 0.3) is 5.56 Å². The van der Waals surface area contributed by atoms with Gasteiger partial charge in [-0.25, -0.2) is 4.79 Å². The molecule has 0 unspecified atom stereocenters. The van der Waals surface area contributed by atoms with Crippen molar-refractivity contribution in [1.82, 2.24) is 9.55 Å². The third kappa shape index (κ3) is 2.39. The van der Waals surface area contributed by atoms with Crippen molar-refractivity contribution in [3.05, 3.63) is 50.1 Å². The van der Waals surface area contributed by atoms with Gasteiger partial charge in [0.1, 0.15) is 5.56 Å². The molecule has 19 heavy (non-hydrogen) atoms. The van der Waals surface area contributed by atoms with Crippen molar-refractivity contribution < 1.29 is 5.11 Å². The number of nitrogens with one attached hydrogen (secondary N) is 1. The van der Waals surface area contributed by atoms with Crippen molar-refractivity contribution in [2.24, 2.45) is 0 Å². The third-order valence-electron chi connectivity index (χ3n) is 2.55. The van der Waals surface area contributed by atoms with Crippen LogP contribution in [0.4, 0.5) is 0 Å². The van der Waals surface area contributed by atoms with Crippen LogP contribution in [-0.2, 0) is 6.54 Å². The first-order chi connectivity index (χ1) is 9.04. The smallest absolute Gasteiger partial charge is 0.332 e. The van der Waals surface area contributed by atoms with Crippen molar-refractivity contribution in [3.8, 4) is 29.4 Å². The van der Waals surface area contributed by atoms with E-state index in [0.717, 1.165) is 4.57 Å². The van der Waals surface area contributed by atoms with Crippen molar-refractivity contribution in [1.29, 1.82) is 0 Å². The van der Waals surface area contributed by atoms with E-state index in [4.69, 9.17) is 18.0 Å². The van der Waals surface area contributed by atoms with Gasteiger partial charge in [-0.05, 0) is 17.7 Å². The maximum absolute atomic E-state index is 11.8. The van der Waals surface area contributed by atoms with Crippen molar-refractivity contribution in [2.45, 2.75) is 6.54 Å². The fourth-order valence-corrected chi connectivity index (χ4v) is 1.80. The first kappa shape index (κ1) is 13.0. The number of aromatic hydroxyl groups is 1. The molecule has 1 aromatic heterocycles.